The van der Waals surface area contributed by atoms with Gasteiger partial charge in [-0.25, -0.2) is 4.57 Å². The first-order valence-electron chi connectivity index (χ1n) is 7.21. The summed E-state index contributed by atoms with van der Waals surface area (Å²) in [5.74, 6) is 0. The minimum Gasteiger partial charge on any atom is -0.287 e. The van der Waals surface area contributed by atoms with Crippen LogP contribution in [0.2, 0.25) is 0 Å². The van der Waals surface area contributed by atoms with Crippen LogP contribution >= 0.6 is 7.82 Å². The van der Waals surface area contributed by atoms with E-state index in [0.717, 1.165) is 18.4 Å². The molecule has 1 atom stereocenters. The predicted octanol–water partition coefficient (Wildman–Crippen LogP) is 4.88. The highest BCUT2D eigenvalue weighted by Crippen LogP contribution is 2.49. The van der Waals surface area contributed by atoms with Crippen LogP contribution in [0.3, 0.4) is 0 Å². The van der Waals surface area contributed by atoms with Gasteiger partial charge in [-0.15, -0.1) is 0 Å². The number of hydrogen-bond donors (Lipinski definition) is 0. The van der Waals surface area contributed by atoms with E-state index in [-0.39, 0.29) is 13.2 Å². The van der Waals surface area contributed by atoms with Crippen molar-refractivity contribution in [2.75, 3.05) is 19.8 Å². The molecule has 0 rings (SSSR count). The Morgan fingerprint density at radius 2 is 1.68 bits per heavy atom. The molecule has 0 radical (unpaired) electrons. The lowest BCUT2D eigenvalue weighted by Gasteiger charge is -2.15. The van der Waals surface area contributed by atoms with Gasteiger partial charge in [0.05, 0.1) is 21.2 Å². The second-order valence-corrected chi connectivity index (χ2v) is 5.98. The molecule has 0 aromatic heterocycles. The van der Waals surface area contributed by atoms with Crippen molar-refractivity contribution >= 4 is 7.82 Å². The second-order valence-electron chi connectivity index (χ2n) is 4.36. The number of phosphoric ester groups is 1. The molecule has 112 valence electrons. The summed E-state index contributed by atoms with van der Waals surface area (Å²) in [6.45, 7) is 8.82. The van der Waals surface area contributed by atoms with Gasteiger partial charge in [-0.1, -0.05) is 23.3 Å². The molecule has 0 aliphatic carbocycles. The maximum absolute atomic E-state index is 12.1. The first-order valence-corrected chi connectivity index (χ1v) is 8.09. The van der Waals surface area contributed by atoms with Crippen LogP contribution < -0.4 is 0 Å². The van der Waals surface area contributed by atoms with Crippen molar-refractivity contribution in [3.05, 3.63) is 23.3 Å². The van der Waals surface area contributed by atoms with Gasteiger partial charge in [0.1, 0.15) is 0 Å². The third-order valence-electron chi connectivity index (χ3n) is 2.21. The third-order valence-corrected chi connectivity index (χ3v) is 3.74. The average molecular weight is 291 g/mol. The fourth-order valence-electron chi connectivity index (χ4n) is 1.31. The molecule has 0 amide bonds. The molecule has 0 bridgehead atoms. The third kappa shape index (κ3) is 10.1. The summed E-state index contributed by atoms with van der Waals surface area (Å²) in [6, 6.07) is 0. The SMILES string of the molecule is [2H]C(/C=C(\C)CCC=C(C)C)OP(=O)(OCC)OCC. The zero-order chi connectivity index (χ0) is 15.6. The Bertz CT molecular complexity index is 365. The van der Waals surface area contributed by atoms with Crippen LogP contribution in [0.4, 0.5) is 0 Å². The maximum Gasteiger partial charge on any atom is 0.475 e. The van der Waals surface area contributed by atoms with Gasteiger partial charge in [0.2, 0.25) is 0 Å². The minimum absolute atomic E-state index is 0.216. The van der Waals surface area contributed by atoms with Crippen LogP contribution in [0.15, 0.2) is 23.3 Å². The molecule has 0 aliphatic rings. The maximum atomic E-state index is 12.1. The van der Waals surface area contributed by atoms with Gasteiger partial charge in [0, 0.05) is 0 Å². The van der Waals surface area contributed by atoms with Gasteiger partial charge in [-0.3, -0.25) is 13.6 Å². The van der Waals surface area contributed by atoms with E-state index in [1.165, 1.54) is 5.57 Å². The highest BCUT2D eigenvalue weighted by molar-refractivity contribution is 7.48. The van der Waals surface area contributed by atoms with Crippen LogP contribution in [-0.4, -0.2) is 19.8 Å². The van der Waals surface area contributed by atoms with Crippen LogP contribution in [0.25, 0.3) is 0 Å². The predicted molar refractivity (Wildman–Crippen MR) is 79.2 cm³/mol. The molecule has 0 fully saturated rings. The minimum atomic E-state index is -3.62. The summed E-state index contributed by atoms with van der Waals surface area (Å²) in [6.07, 6.45) is 5.54. The summed E-state index contributed by atoms with van der Waals surface area (Å²) < 4.78 is 34.9. The smallest absolute Gasteiger partial charge is 0.287 e. The largest absolute Gasteiger partial charge is 0.475 e. The van der Waals surface area contributed by atoms with E-state index in [9.17, 15) is 4.57 Å². The van der Waals surface area contributed by atoms with Gasteiger partial charge >= 0.3 is 7.82 Å². The Hall–Kier alpha value is -0.410. The monoisotopic (exact) mass is 291 g/mol. The Labute approximate surface area is 118 Å². The number of allylic oxidation sites excluding steroid dienone is 3. The van der Waals surface area contributed by atoms with E-state index in [0.29, 0.717) is 0 Å². The summed E-state index contributed by atoms with van der Waals surface area (Å²) in [5, 5.41) is 0. The highest BCUT2D eigenvalue weighted by Gasteiger charge is 2.24. The van der Waals surface area contributed by atoms with Crippen molar-refractivity contribution in [3.8, 4) is 0 Å². The van der Waals surface area contributed by atoms with E-state index < -0.39 is 14.4 Å². The quantitative estimate of drug-likeness (QED) is 0.425. The van der Waals surface area contributed by atoms with E-state index in [1.807, 2.05) is 6.92 Å². The molecule has 5 heteroatoms. The zero-order valence-electron chi connectivity index (χ0n) is 13.6. The Morgan fingerprint density at radius 3 is 2.16 bits per heavy atom. The second kappa shape index (κ2) is 10.4. The molecule has 0 aromatic carbocycles. The van der Waals surface area contributed by atoms with Gasteiger partial charge < -0.3 is 0 Å². The van der Waals surface area contributed by atoms with Gasteiger partial charge in [0.15, 0.2) is 0 Å². The Balaban J connectivity index is 4.46. The molecule has 0 heterocycles. The molecule has 0 aromatic rings. The fraction of sp³-hybridized carbons (Fsp3) is 0.714. The molecule has 0 N–H and O–H groups in total. The average Bonchev–Trinajstić information content (AvgIpc) is 2.27. The molecule has 0 saturated carbocycles. The van der Waals surface area contributed by atoms with Crippen molar-refractivity contribution in [1.29, 1.82) is 0 Å². The summed E-state index contributed by atoms with van der Waals surface area (Å²) >= 11 is 0. The zero-order valence-corrected chi connectivity index (χ0v) is 13.5. The molecular weight excluding hydrogens is 263 g/mol. The summed E-state index contributed by atoms with van der Waals surface area (Å²) in [7, 11) is -3.62. The molecule has 1 unspecified atom stereocenters. The molecular formula is C14H27O4P. The standard InChI is InChI=1S/C14H27O4P/c1-6-16-19(15,17-7-2)18-12-11-14(5)10-8-9-13(3)4/h9,11H,6-8,10,12H2,1-5H3/b14-11+/i12D. The fourth-order valence-corrected chi connectivity index (χ4v) is 2.35. The molecule has 0 spiro atoms. The first-order chi connectivity index (χ1) is 9.33. The van der Waals surface area contributed by atoms with Crippen molar-refractivity contribution in [1.82, 2.24) is 0 Å². The van der Waals surface area contributed by atoms with E-state index >= 15 is 0 Å². The number of phosphoric acid groups is 1. The number of hydrogen-bond acceptors (Lipinski definition) is 4. The van der Waals surface area contributed by atoms with Crippen LogP contribution in [0.5, 0.6) is 0 Å². The van der Waals surface area contributed by atoms with Crippen molar-refractivity contribution < 1.29 is 19.5 Å². The van der Waals surface area contributed by atoms with E-state index in [2.05, 4.69) is 19.9 Å². The lowest BCUT2D eigenvalue weighted by atomic mass is 10.1. The van der Waals surface area contributed by atoms with Gasteiger partial charge in [-0.05, 0) is 47.5 Å². The van der Waals surface area contributed by atoms with E-state index in [1.54, 1.807) is 19.9 Å². The molecule has 4 nitrogen and oxygen atoms in total. The number of rotatable bonds is 10. The van der Waals surface area contributed by atoms with Crippen LogP contribution in [0, 0.1) is 0 Å². The molecule has 0 saturated heterocycles. The lowest BCUT2D eigenvalue weighted by Crippen LogP contribution is -2.00. The molecule has 0 aliphatic heterocycles. The lowest BCUT2D eigenvalue weighted by molar-refractivity contribution is 0.131. The Kier molecular flexibility index (Phi) is 9.10. The normalized spacial score (nSPS) is 15.0. The van der Waals surface area contributed by atoms with Crippen LogP contribution in [0.1, 0.15) is 48.8 Å². The van der Waals surface area contributed by atoms with Crippen LogP contribution in [-0.2, 0) is 18.1 Å². The van der Waals surface area contributed by atoms with Crippen molar-refractivity contribution in [2.45, 2.75) is 47.5 Å². The van der Waals surface area contributed by atoms with Crippen molar-refractivity contribution in [3.63, 3.8) is 0 Å². The summed E-state index contributed by atoms with van der Waals surface area (Å²) in [5.41, 5.74) is 2.29. The molecule has 19 heavy (non-hydrogen) atoms. The first kappa shape index (κ1) is 16.6. The van der Waals surface area contributed by atoms with Gasteiger partial charge in [-0.2, -0.15) is 0 Å². The highest BCUT2D eigenvalue weighted by atomic mass is 31.2. The van der Waals surface area contributed by atoms with E-state index in [4.69, 9.17) is 14.9 Å². The van der Waals surface area contributed by atoms with Gasteiger partial charge in [0.25, 0.3) is 0 Å². The van der Waals surface area contributed by atoms with Crippen molar-refractivity contribution in [2.24, 2.45) is 0 Å². The topological polar surface area (TPSA) is 44.8 Å². The Morgan fingerprint density at radius 1 is 1.11 bits per heavy atom. The summed E-state index contributed by atoms with van der Waals surface area (Å²) in [4.78, 5) is 0.